The zero-order valence-electron chi connectivity index (χ0n) is 16.8. The molecule has 1 fully saturated rings. The number of aromatic nitrogens is 3. The molecule has 2 aromatic heterocycles. The van der Waals surface area contributed by atoms with Crippen molar-refractivity contribution in [1.29, 1.82) is 0 Å². The van der Waals surface area contributed by atoms with E-state index in [2.05, 4.69) is 9.97 Å². The smallest absolute Gasteiger partial charge is 0.322 e. The topological polar surface area (TPSA) is 91.2 Å². The number of ether oxygens (including phenoxy) is 1. The van der Waals surface area contributed by atoms with Gasteiger partial charge in [0.05, 0.1) is 22.4 Å². The van der Waals surface area contributed by atoms with Crippen molar-refractivity contribution in [1.82, 2.24) is 14.5 Å². The predicted molar refractivity (Wildman–Crippen MR) is 110 cm³/mol. The number of hydrogen-bond acceptors (Lipinski definition) is 6. The SMILES string of the molecule is Cc1cc(-c2cc(CS(=O)(=O)C3CC3)nc(Oc3ccc(F)cc3F)n2)cn(C)c1=O. The Morgan fingerprint density at radius 3 is 2.55 bits per heavy atom. The molecule has 0 aliphatic heterocycles. The van der Waals surface area contributed by atoms with E-state index in [1.54, 1.807) is 26.2 Å². The van der Waals surface area contributed by atoms with Crippen molar-refractivity contribution in [2.75, 3.05) is 0 Å². The van der Waals surface area contributed by atoms with Crippen LogP contribution in [0.4, 0.5) is 8.78 Å². The molecule has 0 spiro atoms. The average molecular weight is 447 g/mol. The van der Waals surface area contributed by atoms with E-state index in [4.69, 9.17) is 4.74 Å². The minimum atomic E-state index is -3.39. The highest BCUT2D eigenvalue weighted by molar-refractivity contribution is 7.91. The fourth-order valence-electron chi connectivity index (χ4n) is 3.17. The number of rotatable bonds is 6. The molecule has 1 aliphatic rings. The Balaban J connectivity index is 1.79. The van der Waals surface area contributed by atoms with Crippen LogP contribution in [-0.2, 0) is 22.6 Å². The maximum absolute atomic E-state index is 14.0. The first-order chi connectivity index (χ1) is 14.6. The molecule has 0 bridgehead atoms. The van der Waals surface area contributed by atoms with E-state index in [-0.39, 0.29) is 34.0 Å². The summed E-state index contributed by atoms with van der Waals surface area (Å²) in [6.45, 7) is 1.65. The molecule has 1 aliphatic carbocycles. The van der Waals surface area contributed by atoms with Crippen LogP contribution in [0.1, 0.15) is 24.1 Å². The number of aryl methyl sites for hydroxylation is 2. The average Bonchev–Trinajstić information content (AvgIpc) is 3.53. The minimum absolute atomic E-state index is 0.181. The van der Waals surface area contributed by atoms with Crippen LogP contribution in [0.15, 0.2) is 41.3 Å². The first-order valence-corrected chi connectivity index (χ1v) is 11.2. The summed E-state index contributed by atoms with van der Waals surface area (Å²) < 4.78 is 59.0. The van der Waals surface area contributed by atoms with Gasteiger partial charge in [-0.2, -0.15) is 9.97 Å². The van der Waals surface area contributed by atoms with E-state index in [1.165, 1.54) is 10.6 Å². The molecule has 0 saturated heterocycles. The molecular weight excluding hydrogens is 428 g/mol. The largest absolute Gasteiger partial charge is 0.421 e. The quantitative estimate of drug-likeness (QED) is 0.576. The van der Waals surface area contributed by atoms with Crippen LogP contribution >= 0.6 is 0 Å². The third-order valence-corrected chi connectivity index (χ3v) is 7.08. The Hall–Kier alpha value is -3.14. The van der Waals surface area contributed by atoms with Crippen molar-refractivity contribution in [3.05, 3.63) is 69.8 Å². The maximum atomic E-state index is 14.0. The molecule has 0 atom stereocenters. The van der Waals surface area contributed by atoms with Crippen LogP contribution in [0.5, 0.6) is 11.8 Å². The van der Waals surface area contributed by atoms with E-state index < -0.39 is 21.5 Å². The number of hydrogen-bond donors (Lipinski definition) is 0. The van der Waals surface area contributed by atoms with Gasteiger partial charge in [0.15, 0.2) is 21.4 Å². The van der Waals surface area contributed by atoms with Gasteiger partial charge in [0, 0.05) is 30.4 Å². The summed E-state index contributed by atoms with van der Waals surface area (Å²) in [4.78, 5) is 20.4. The highest BCUT2D eigenvalue weighted by Crippen LogP contribution is 2.32. The molecular formula is C21H19F2N3O4S. The van der Waals surface area contributed by atoms with Crippen molar-refractivity contribution in [2.45, 2.75) is 30.8 Å². The van der Waals surface area contributed by atoms with Crippen LogP contribution in [0, 0.1) is 18.6 Å². The summed E-state index contributed by atoms with van der Waals surface area (Å²) >= 11 is 0. The zero-order chi connectivity index (χ0) is 22.3. The van der Waals surface area contributed by atoms with Gasteiger partial charge in [0.25, 0.3) is 5.56 Å². The minimum Gasteiger partial charge on any atom is -0.421 e. The number of halogens is 2. The van der Waals surface area contributed by atoms with Crippen molar-refractivity contribution in [3.63, 3.8) is 0 Å². The normalized spacial score (nSPS) is 13.9. The molecule has 1 saturated carbocycles. The molecule has 1 aromatic carbocycles. The maximum Gasteiger partial charge on any atom is 0.322 e. The fourth-order valence-corrected chi connectivity index (χ4v) is 4.82. The van der Waals surface area contributed by atoms with Crippen LogP contribution in [0.25, 0.3) is 11.3 Å². The van der Waals surface area contributed by atoms with Gasteiger partial charge in [-0.25, -0.2) is 17.2 Å². The molecule has 4 rings (SSSR count). The van der Waals surface area contributed by atoms with Gasteiger partial charge in [-0.3, -0.25) is 4.79 Å². The molecule has 0 amide bonds. The van der Waals surface area contributed by atoms with Crippen LogP contribution < -0.4 is 10.3 Å². The second kappa shape index (κ2) is 7.84. The lowest BCUT2D eigenvalue weighted by molar-refractivity contribution is 0.407. The standard InChI is InChI=1S/C21H19F2N3O4S/c1-12-7-13(10-26(2)20(12)27)18-9-15(11-31(28,29)16-4-5-16)24-21(25-18)30-19-6-3-14(22)8-17(19)23/h3,6-10,16H,4-5,11H2,1-2H3. The molecule has 0 unspecified atom stereocenters. The van der Waals surface area contributed by atoms with Gasteiger partial charge in [-0.1, -0.05) is 0 Å². The highest BCUT2D eigenvalue weighted by atomic mass is 32.2. The number of sulfone groups is 1. The summed E-state index contributed by atoms with van der Waals surface area (Å²) in [6.07, 6.45) is 2.79. The van der Waals surface area contributed by atoms with Gasteiger partial charge in [-0.05, 0) is 44.0 Å². The summed E-state index contributed by atoms with van der Waals surface area (Å²) in [7, 11) is -1.80. The first kappa shape index (κ1) is 21.1. The number of nitrogens with zero attached hydrogens (tertiary/aromatic N) is 3. The second-order valence-electron chi connectivity index (χ2n) is 7.54. The van der Waals surface area contributed by atoms with Crippen LogP contribution in [0.2, 0.25) is 0 Å². The summed E-state index contributed by atoms with van der Waals surface area (Å²) in [6, 6.07) is 5.62. The highest BCUT2D eigenvalue weighted by Gasteiger charge is 2.36. The summed E-state index contributed by atoms with van der Waals surface area (Å²) in [5, 5.41) is -0.385. The van der Waals surface area contributed by atoms with Gasteiger partial charge in [0.2, 0.25) is 0 Å². The Kier molecular flexibility index (Phi) is 5.34. The first-order valence-electron chi connectivity index (χ1n) is 9.52. The fraction of sp³-hybridized carbons (Fsp3) is 0.286. The van der Waals surface area contributed by atoms with Gasteiger partial charge < -0.3 is 9.30 Å². The monoisotopic (exact) mass is 447 g/mol. The van der Waals surface area contributed by atoms with E-state index in [1.807, 2.05) is 0 Å². The van der Waals surface area contributed by atoms with Crippen molar-refractivity contribution in [3.8, 4) is 23.0 Å². The molecule has 10 heteroatoms. The van der Waals surface area contributed by atoms with Gasteiger partial charge in [0.1, 0.15) is 5.82 Å². The number of pyridine rings is 1. The molecule has 0 N–H and O–H groups in total. The molecule has 162 valence electrons. The second-order valence-corrected chi connectivity index (χ2v) is 9.82. The van der Waals surface area contributed by atoms with Crippen LogP contribution in [0.3, 0.4) is 0 Å². The lowest BCUT2D eigenvalue weighted by Crippen LogP contribution is -2.18. The predicted octanol–water partition coefficient (Wildman–Crippen LogP) is 3.30. The molecule has 31 heavy (non-hydrogen) atoms. The van der Waals surface area contributed by atoms with Crippen molar-refractivity contribution < 1.29 is 21.9 Å². The zero-order valence-corrected chi connectivity index (χ0v) is 17.6. The van der Waals surface area contributed by atoms with Crippen LogP contribution in [-0.4, -0.2) is 28.2 Å². The third-order valence-electron chi connectivity index (χ3n) is 4.89. The third kappa shape index (κ3) is 4.63. The van der Waals surface area contributed by atoms with Crippen molar-refractivity contribution >= 4 is 9.84 Å². The molecule has 2 heterocycles. The van der Waals surface area contributed by atoms with E-state index in [0.29, 0.717) is 35.7 Å². The summed E-state index contributed by atoms with van der Waals surface area (Å²) in [5.74, 6) is -2.33. The van der Waals surface area contributed by atoms with E-state index in [9.17, 15) is 22.0 Å². The van der Waals surface area contributed by atoms with Crippen molar-refractivity contribution in [2.24, 2.45) is 7.05 Å². The Bertz CT molecular complexity index is 1310. The Morgan fingerprint density at radius 1 is 1.16 bits per heavy atom. The Morgan fingerprint density at radius 2 is 1.90 bits per heavy atom. The lowest BCUT2D eigenvalue weighted by atomic mass is 10.1. The van der Waals surface area contributed by atoms with E-state index >= 15 is 0 Å². The van der Waals surface area contributed by atoms with E-state index in [0.717, 1.165) is 12.1 Å². The summed E-state index contributed by atoms with van der Waals surface area (Å²) in [5.41, 5.74) is 1.32. The number of benzene rings is 1. The van der Waals surface area contributed by atoms with Gasteiger partial charge in [-0.15, -0.1) is 0 Å². The molecule has 0 radical (unpaired) electrons. The van der Waals surface area contributed by atoms with Gasteiger partial charge >= 0.3 is 6.01 Å². The Labute approximate surface area is 177 Å². The molecule has 7 nitrogen and oxygen atoms in total. The lowest BCUT2D eigenvalue weighted by Gasteiger charge is -2.11. The molecule has 3 aromatic rings.